The molecule has 0 aliphatic rings. The minimum atomic E-state index is -0.661. The lowest BCUT2D eigenvalue weighted by Crippen LogP contribution is -2.16. The van der Waals surface area contributed by atoms with Crippen LogP contribution in [0.1, 0.15) is 15.9 Å². The second-order valence-electron chi connectivity index (χ2n) is 4.09. The van der Waals surface area contributed by atoms with Crippen molar-refractivity contribution in [3.8, 4) is 0 Å². The number of halogens is 3. The molecule has 1 aromatic heterocycles. The molecular weight excluding hydrogens is 304 g/mol. The number of pyridine rings is 1. The predicted molar refractivity (Wildman–Crippen MR) is 77.8 cm³/mol. The molecule has 0 radical (unpaired) electrons. The first-order valence-electron chi connectivity index (χ1n) is 5.57. The molecule has 1 aromatic carbocycles. The Morgan fingerprint density at radius 1 is 1.40 bits per heavy atom. The Hall–Kier alpha value is -1.85. The molecule has 0 bridgehead atoms. The zero-order chi connectivity index (χ0) is 14.9. The van der Waals surface area contributed by atoms with E-state index in [1.54, 1.807) is 19.1 Å². The molecule has 3 N–H and O–H groups in total. The third kappa shape index (κ3) is 2.84. The molecular formula is C13H10Cl2FN3O. The Morgan fingerprint density at radius 2 is 2.10 bits per heavy atom. The van der Waals surface area contributed by atoms with Gasteiger partial charge in [0.15, 0.2) is 0 Å². The van der Waals surface area contributed by atoms with Crippen LogP contribution < -0.4 is 11.1 Å². The van der Waals surface area contributed by atoms with Crippen LogP contribution in [0.3, 0.4) is 0 Å². The number of carbonyl (C=O) groups is 1. The molecule has 1 heterocycles. The molecule has 0 atom stereocenters. The van der Waals surface area contributed by atoms with Crippen molar-refractivity contribution in [2.45, 2.75) is 6.92 Å². The van der Waals surface area contributed by atoms with Crippen molar-refractivity contribution < 1.29 is 9.18 Å². The summed E-state index contributed by atoms with van der Waals surface area (Å²) in [6.45, 7) is 1.77. The van der Waals surface area contributed by atoms with Crippen molar-refractivity contribution in [2.75, 3.05) is 11.1 Å². The number of aromatic nitrogens is 1. The van der Waals surface area contributed by atoms with Gasteiger partial charge in [-0.25, -0.2) is 9.37 Å². The van der Waals surface area contributed by atoms with Crippen LogP contribution in [0.5, 0.6) is 0 Å². The normalized spacial score (nSPS) is 10.4. The fourth-order valence-corrected chi connectivity index (χ4v) is 2.05. The molecule has 0 aliphatic heterocycles. The summed E-state index contributed by atoms with van der Waals surface area (Å²) in [5.74, 6) is -1.38. The molecule has 0 aliphatic carbocycles. The van der Waals surface area contributed by atoms with E-state index in [2.05, 4.69) is 10.3 Å². The molecule has 0 saturated heterocycles. The number of rotatable bonds is 2. The summed E-state index contributed by atoms with van der Waals surface area (Å²) in [4.78, 5) is 15.7. The number of nitrogen functional groups attached to an aromatic ring is 1. The highest BCUT2D eigenvalue weighted by atomic mass is 35.5. The summed E-state index contributed by atoms with van der Waals surface area (Å²) < 4.78 is 13.1. The lowest BCUT2D eigenvalue weighted by molar-refractivity contribution is 0.102. The Balaban J connectivity index is 2.38. The fraction of sp³-hybridized carbons (Fsp3) is 0.0769. The number of carbonyl (C=O) groups excluding carboxylic acids is 1. The smallest absolute Gasteiger partial charge is 0.259 e. The summed E-state index contributed by atoms with van der Waals surface area (Å²) >= 11 is 12.1. The first kappa shape index (κ1) is 14.6. The highest BCUT2D eigenvalue weighted by Gasteiger charge is 2.16. The average molecular weight is 314 g/mol. The average Bonchev–Trinajstić information content (AvgIpc) is 2.41. The van der Waals surface area contributed by atoms with Crippen molar-refractivity contribution in [1.82, 2.24) is 4.98 Å². The molecule has 0 fully saturated rings. The van der Waals surface area contributed by atoms with E-state index in [0.29, 0.717) is 5.02 Å². The zero-order valence-corrected chi connectivity index (χ0v) is 11.9. The number of amides is 1. The van der Waals surface area contributed by atoms with Gasteiger partial charge in [0.25, 0.3) is 5.91 Å². The molecule has 7 heteroatoms. The van der Waals surface area contributed by atoms with E-state index in [1.165, 1.54) is 0 Å². The van der Waals surface area contributed by atoms with E-state index in [-0.39, 0.29) is 22.1 Å². The Morgan fingerprint density at radius 3 is 2.80 bits per heavy atom. The van der Waals surface area contributed by atoms with Gasteiger partial charge in [0.05, 0.1) is 27.5 Å². The monoisotopic (exact) mass is 313 g/mol. The standard InChI is InChI=1S/C13H10Cl2FN3O/c1-6-2-3-9(14)11(10(6)15)19-13(20)8-4-7(16)5-18-12(8)17/h2-5H,1H3,(H2,17,18)(H,19,20). The van der Waals surface area contributed by atoms with Crippen LogP contribution in [0.15, 0.2) is 24.4 Å². The third-order valence-corrected chi connectivity index (χ3v) is 3.45. The number of hydrogen-bond acceptors (Lipinski definition) is 3. The van der Waals surface area contributed by atoms with E-state index in [4.69, 9.17) is 28.9 Å². The predicted octanol–water partition coefficient (Wildman–Crippen LogP) is 3.67. The van der Waals surface area contributed by atoms with Gasteiger partial charge in [0.1, 0.15) is 11.6 Å². The first-order valence-corrected chi connectivity index (χ1v) is 6.32. The lowest BCUT2D eigenvalue weighted by atomic mass is 10.2. The van der Waals surface area contributed by atoms with Gasteiger partial charge in [-0.05, 0) is 24.6 Å². The molecule has 0 unspecified atom stereocenters. The van der Waals surface area contributed by atoms with Gasteiger partial charge < -0.3 is 11.1 Å². The van der Waals surface area contributed by atoms with Gasteiger partial charge in [-0.1, -0.05) is 29.3 Å². The number of nitrogens with zero attached hydrogens (tertiary/aromatic N) is 1. The van der Waals surface area contributed by atoms with Crippen LogP contribution in [0, 0.1) is 12.7 Å². The third-order valence-electron chi connectivity index (χ3n) is 2.65. The maximum atomic E-state index is 13.1. The number of aryl methyl sites for hydroxylation is 1. The molecule has 0 saturated carbocycles. The summed E-state index contributed by atoms with van der Waals surface area (Å²) in [5.41, 5.74) is 6.46. The topological polar surface area (TPSA) is 68.0 Å². The van der Waals surface area contributed by atoms with Crippen molar-refractivity contribution >= 4 is 40.6 Å². The minimum absolute atomic E-state index is 0.0798. The van der Waals surface area contributed by atoms with Crippen LogP contribution in [-0.4, -0.2) is 10.9 Å². The largest absolute Gasteiger partial charge is 0.383 e. The van der Waals surface area contributed by atoms with Gasteiger partial charge >= 0.3 is 0 Å². The molecule has 2 rings (SSSR count). The molecule has 1 amide bonds. The number of anilines is 2. The van der Waals surface area contributed by atoms with Crippen LogP contribution in [0.4, 0.5) is 15.9 Å². The molecule has 0 spiro atoms. The maximum Gasteiger partial charge on any atom is 0.259 e. The van der Waals surface area contributed by atoms with Gasteiger partial charge in [0.2, 0.25) is 0 Å². The van der Waals surface area contributed by atoms with Gasteiger partial charge in [-0.2, -0.15) is 0 Å². The summed E-state index contributed by atoms with van der Waals surface area (Å²) in [7, 11) is 0. The lowest BCUT2D eigenvalue weighted by Gasteiger charge is -2.11. The summed E-state index contributed by atoms with van der Waals surface area (Å²) in [5, 5.41) is 3.10. The van der Waals surface area contributed by atoms with Crippen LogP contribution in [0.25, 0.3) is 0 Å². The van der Waals surface area contributed by atoms with Gasteiger partial charge in [0, 0.05) is 0 Å². The van der Waals surface area contributed by atoms with Crippen molar-refractivity contribution in [1.29, 1.82) is 0 Å². The second-order valence-corrected chi connectivity index (χ2v) is 4.88. The minimum Gasteiger partial charge on any atom is -0.383 e. The summed E-state index contributed by atoms with van der Waals surface area (Å²) in [6, 6.07) is 4.32. The highest BCUT2D eigenvalue weighted by Crippen LogP contribution is 2.33. The summed E-state index contributed by atoms with van der Waals surface area (Å²) in [6.07, 6.45) is 0.929. The van der Waals surface area contributed by atoms with Gasteiger partial charge in [-0.15, -0.1) is 0 Å². The van der Waals surface area contributed by atoms with Crippen LogP contribution in [0.2, 0.25) is 10.0 Å². The second kappa shape index (κ2) is 5.64. The van der Waals surface area contributed by atoms with Gasteiger partial charge in [-0.3, -0.25) is 4.79 Å². The Bertz CT molecular complexity index is 692. The number of nitrogens with one attached hydrogen (secondary N) is 1. The maximum absolute atomic E-state index is 13.1. The van der Waals surface area contributed by atoms with E-state index in [0.717, 1.165) is 17.8 Å². The van der Waals surface area contributed by atoms with Crippen molar-refractivity contribution in [3.05, 3.63) is 51.4 Å². The van der Waals surface area contributed by atoms with E-state index >= 15 is 0 Å². The first-order chi connectivity index (χ1) is 9.40. The number of nitrogens with two attached hydrogens (primary N) is 1. The molecule has 4 nitrogen and oxygen atoms in total. The van der Waals surface area contributed by atoms with E-state index in [1.807, 2.05) is 0 Å². The Labute approximate surface area is 124 Å². The molecule has 20 heavy (non-hydrogen) atoms. The SMILES string of the molecule is Cc1ccc(Cl)c(NC(=O)c2cc(F)cnc2N)c1Cl. The fourth-order valence-electron chi connectivity index (χ4n) is 1.58. The van der Waals surface area contributed by atoms with Crippen LogP contribution >= 0.6 is 23.2 Å². The van der Waals surface area contributed by atoms with E-state index in [9.17, 15) is 9.18 Å². The van der Waals surface area contributed by atoms with E-state index < -0.39 is 11.7 Å². The van der Waals surface area contributed by atoms with Crippen LogP contribution in [-0.2, 0) is 0 Å². The number of benzene rings is 1. The molecule has 2 aromatic rings. The molecule has 104 valence electrons. The highest BCUT2D eigenvalue weighted by molar-refractivity contribution is 6.40. The van der Waals surface area contributed by atoms with Crippen molar-refractivity contribution in [2.24, 2.45) is 0 Å². The Kier molecular flexibility index (Phi) is 4.11. The van der Waals surface area contributed by atoms with Crippen molar-refractivity contribution in [3.63, 3.8) is 0 Å². The number of hydrogen-bond donors (Lipinski definition) is 2. The quantitative estimate of drug-likeness (QED) is 0.888. The zero-order valence-electron chi connectivity index (χ0n) is 10.4.